The second kappa shape index (κ2) is 7.85. The number of hydrogen-bond acceptors (Lipinski definition) is 1. The van der Waals surface area contributed by atoms with Crippen LogP contribution < -0.4 is 5.32 Å². The van der Waals surface area contributed by atoms with Crippen LogP contribution in [0.1, 0.15) is 50.2 Å². The highest BCUT2D eigenvalue weighted by molar-refractivity contribution is 6.32. The first-order valence-corrected chi connectivity index (χ1v) is 8.26. The molecule has 1 aliphatic rings. The average Bonchev–Trinajstić information content (AvgIpc) is 2.48. The molecule has 0 amide bonds. The summed E-state index contributed by atoms with van der Waals surface area (Å²) in [5.74, 6) is 0.614. The van der Waals surface area contributed by atoms with E-state index in [2.05, 4.69) is 43.4 Å². The molecule has 0 unspecified atom stereocenters. The molecule has 2 heteroatoms. The Bertz CT molecular complexity index is 441. The number of aryl methyl sites for hydroxylation is 1. The fourth-order valence-corrected chi connectivity index (χ4v) is 3.32. The summed E-state index contributed by atoms with van der Waals surface area (Å²) in [4.78, 5) is 0. The van der Waals surface area contributed by atoms with Crippen LogP contribution in [0.5, 0.6) is 0 Å². The van der Waals surface area contributed by atoms with Crippen LogP contribution in [0, 0.1) is 12.8 Å². The molecule has 110 valence electrons. The molecule has 0 atom stereocenters. The van der Waals surface area contributed by atoms with Crippen molar-refractivity contribution in [3.63, 3.8) is 0 Å². The van der Waals surface area contributed by atoms with Crippen LogP contribution in [0.15, 0.2) is 29.3 Å². The van der Waals surface area contributed by atoms with Crippen LogP contribution in [0.4, 0.5) is 0 Å². The third-order valence-corrected chi connectivity index (χ3v) is 4.54. The van der Waals surface area contributed by atoms with Gasteiger partial charge in [0, 0.05) is 5.03 Å². The van der Waals surface area contributed by atoms with Crippen molar-refractivity contribution in [2.24, 2.45) is 5.92 Å². The highest BCUT2D eigenvalue weighted by Crippen LogP contribution is 2.36. The molecule has 1 nitrogen and oxygen atoms in total. The number of rotatable bonds is 5. The number of allylic oxidation sites excluding steroid dienone is 2. The highest BCUT2D eigenvalue weighted by atomic mass is 35.5. The molecular formula is C18H26ClN. The van der Waals surface area contributed by atoms with Gasteiger partial charge in [-0.2, -0.15) is 0 Å². The van der Waals surface area contributed by atoms with E-state index in [0.29, 0.717) is 5.92 Å². The summed E-state index contributed by atoms with van der Waals surface area (Å²) in [7, 11) is 0. The predicted octanol–water partition coefficient (Wildman–Crippen LogP) is 5.13. The summed E-state index contributed by atoms with van der Waals surface area (Å²) in [6.45, 7) is 6.58. The van der Waals surface area contributed by atoms with Gasteiger partial charge < -0.3 is 5.32 Å². The first-order valence-electron chi connectivity index (χ1n) is 7.88. The van der Waals surface area contributed by atoms with Crippen molar-refractivity contribution in [1.29, 1.82) is 0 Å². The normalized spacial score (nSPS) is 17.9. The molecule has 1 saturated heterocycles. The fraction of sp³-hybridized carbons (Fsp3) is 0.556. The smallest absolute Gasteiger partial charge is 0.0221 e. The molecule has 2 rings (SSSR count). The van der Waals surface area contributed by atoms with Gasteiger partial charge in [-0.05, 0) is 62.8 Å². The minimum Gasteiger partial charge on any atom is -0.317 e. The van der Waals surface area contributed by atoms with Gasteiger partial charge in [-0.25, -0.2) is 0 Å². The van der Waals surface area contributed by atoms with Crippen molar-refractivity contribution < 1.29 is 0 Å². The molecule has 1 N–H and O–H groups in total. The van der Waals surface area contributed by atoms with Gasteiger partial charge >= 0.3 is 0 Å². The van der Waals surface area contributed by atoms with Crippen LogP contribution in [-0.4, -0.2) is 13.1 Å². The van der Waals surface area contributed by atoms with E-state index in [9.17, 15) is 0 Å². The number of benzene rings is 1. The van der Waals surface area contributed by atoms with Crippen LogP contribution >= 0.6 is 11.6 Å². The lowest BCUT2D eigenvalue weighted by Gasteiger charge is -2.27. The Balaban J connectivity index is 2.29. The van der Waals surface area contributed by atoms with Crippen molar-refractivity contribution in [2.45, 2.75) is 46.0 Å². The Morgan fingerprint density at radius 3 is 2.45 bits per heavy atom. The lowest BCUT2D eigenvalue weighted by atomic mass is 9.84. The summed E-state index contributed by atoms with van der Waals surface area (Å²) >= 11 is 6.69. The third-order valence-electron chi connectivity index (χ3n) is 4.15. The van der Waals surface area contributed by atoms with Gasteiger partial charge in [0.15, 0.2) is 0 Å². The van der Waals surface area contributed by atoms with Gasteiger partial charge in [-0.15, -0.1) is 0 Å². The van der Waals surface area contributed by atoms with E-state index < -0.39 is 0 Å². The average molecular weight is 292 g/mol. The molecule has 1 aromatic carbocycles. The molecule has 1 fully saturated rings. The molecule has 0 saturated carbocycles. The molecule has 0 spiro atoms. The summed E-state index contributed by atoms with van der Waals surface area (Å²) < 4.78 is 0. The number of hydrogen-bond donors (Lipinski definition) is 1. The Kier molecular flexibility index (Phi) is 6.12. The first kappa shape index (κ1) is 15.6. The zero-order chi connectivity index (χ0) is 14.4. The molecule has 20 heavy (non-hydrogen) atoms. The number of halogens is 1. The van der Waals surface area contributed by atoms with Crippen LogP contribution in [0.2, 0.25) is 0 Å². The molecule has 0 aromatic heterocycles. The lowest BCUT2D eigenvalue weighted by Crippen LogP contribution is -2.28. The Morgan fingerprint density at radius 2 is 1.85 bits per heavy atom. The zero-order valence-corrected chi connectivity index (χ0v) is 13.5. The van der Waals surface area contributed by atoms with Crippen LogP contribution in [0.25, 0.3) is 5.57 Å². The molecule has 0 bridgehead atoms. The maximum absolute atomic E-state index is 6.69. The standard InChI is InChI=1S/C18H26ClN/c1-3-4-5-17(19)18(16-10-12-20-13-11-16)15-8-6-14(2)7-9-15/h6-9,16,20H,3-5,10-13H2,1-2H3. The SMILES string of the molecule is CCCCC(Cl)=C(c1ccc(C)cc1)C1CCNCC1. The summed E-state index contributed by atoms with van der Waals surface area (Å²) in [5, 5.41) is 4.53. The van der Waals surface area contributed by atoms with Crippen molar-refractivity contribution in [3.05, 3.63) is 40.4 Å². The Hall–Kier alpha value is -0.790. The van der Waals surface area contributed by atoms with Crippen molar-refractivity contribution in [1.82, 2.24) is 5.32 Å². The maximum atomic E-state index is 6.69. The summed E-state index contributed by atoms with van der Waals surface area (Å²) in [6, 6.07) is 8.86. The number of unbranched alkanes of at least 4 members (excludes halogenated alkanes) is 1. The summed E-state index contributed by atoms with van der Waals surface area (Å²) in [6.07, 6.45) is 5.80. The first-order chi connectivity index (χ1) is 9.72. The van der Waals surface area contributed by atoms with E-state index in [1.165, 1.54) is 42.4 Å². The fourth-order valence-electron chi connectivity index (χ4n) is 2.92. The quantitative estimate of drug-likeness (QED) is 0.792. The van der Waals surface area contributed by atoms with E-state index >= 15 is 0 Å². The maximum Gasteiger partial charge on any atom is 0.0221 e. The van der Waals surface area contributed by atoms with Gasteiger partial charge in [-0.1, -0.05) is 54.8 Å². The largest absolute Gasteiger partial charge is 0.317 e. The van der Waals surface area contributed by atoms with Crippen molar-refractivity contribution in [3.8, 4) is 0 Å². The van der Waals surface area contributed by atoms with Crippen molar-refractivity contribution >= 4 is 17.2 Å². The van der Waals surface area contributed by atoms with E-state index in [1.54, 1.807) is 0 Å². The predicted molar refractivity (Wildman–Crippen MR) is 89.1 cm³/mol. The molecule has 1 aliphatic heterocycles. The molecule has 1 heterocycles. The minimum absolute atomic E-state index is 0.614. The van der Waals surface area contributed by atoms with E-state index in [1.807, 2.05) is 0 Å². The topological polar surface area (TPSA) is 12.0 Å². The van der Waals surface area contributed by atoms with Gasteiger partial charge in [-0.3, -0.25) is 0 Å². The van der Waals surface area contributed by atoms with Crippen molar-refractivity contribution in [2.75, 3.05) is 13.1 Å². The molecular weight excluding hydrogens is 266 g/mol. The van der Waals surface area contributed by atoms with E-state index in [-0.39, 0.29) is 0 Å². The third kappa shape index (κ3) is 4.10. The number of nitrogens with one attached hydrogen (secondary N) is 1. The Morgan fingerprint density at radius 1 is 1.20 bits per heavy atom. The van der Waals surface area contributed by atoms with Gasteiger partial charge in [0.25, 0.3) is 0 Å². The van der Waals surface area contributed by atoms with Gasteiger partial charge in [0.1, 0.15) is 0 Å². The second-order valence-electron chi connectivity index (χ2n) is 5.81. The molecule has 0 aliphatic carbocycles. The minimum atomic E-state index is 0.614. The van der Waals surface area contributed by atoms with Gasteiger partial charge in [0.05, 0.1) is 0 Å². The summed E-state index contributed by atoms with van der Waals surface area (Å²) in [5.41, 5.74) is 4.04. The van der Waals surface area contributed by atoms with Gasteiger partial charge in [0.2, 0.25) is 0 Å². The van der Waals surface area contributed by atoms with E-state index in [0.717, 1.165) is 24.5 Å². The monoisotopic (exact) mass is 291 g/mol. The molecule has 0 radical (unpaired) electrons. The zero-order valence-electron chi connectivity index (χ0n) is 12.7. The van der Waals surface area contributed by atoms with Crippen LogP contribution in [0.3, 0.4) is 0 Å². The van der Waals surface area contributed by atoms with E-state index in [4.69, 9.17) is 11.6 Å². The highest BCUT2D eigenvalue weighted by Gasteiger charge is 2.21. The second-order valence-corrected chi connectivity index (χ2v) is 6.27. The van der Waals surface area contributed by atoms with Crippen LogP contribution in [-0.2, 0) is 0 Å². The lowest BCUT2D eigenvalue weighted by molar-refractivity contribution is 0.445. The Labute approximate surface area is 128 Å². The molecule has 1 aromatic rings. The number of piperidine rings is 1.